The molecule has 1 aromatic carbocycles. The molecule has 5 nitrogen and oxygen atoms in total. The highest BCUT2D eigenvalue weighted by molar-refractivity contribution is 5.55. The Hall–Kier alpha value is -1.93. The number of rotatable bonds is 2. The van der Waals surface area contributed by atoms with Crippen LogP contribution in [-0.4, -0.2) is 29.4 Å². The molecule has 2 unspecified atom stereocenters. The zero-order chi connectivity index (χ0) is 15.0. The van der Waals surface area contributed by atoms with Crippen molar-refractivity contribution in [3.63, 3.8) is 0 Å². The Balaban J connectivity index is 1.90. The van der Waals surface area contributed by atoms with E-state index in [-0.39, 0.29) is 29.2 Å². The van der Waals surface area contributed by atoms with Crippen molar-refractivity contribution in [3.8, 4) is 11.4 Å². The average molecular weight is 299 g/mol. The number of halogens is 3. The van der Waals surface area contributed by atoms with E-state index in [4.69, 9.17) is 15.0 Å². The molecule has 2 aromatic rings. The van der Waals surface area contributed by atoms with E-state index < -0.39 is 11.7 Å². The first-order valence-corrected chi connectivity index (χ1v) is 6.30. The van der Waals surface area contributed by atoms with E-state index in [1.165, 1.54) is 12.1 Å². The van der Waals surface area contributed by atoms with E-state index in [1.54, 1.807) is 0 Å². The Morgan fingerprint density at radius 2 is 2.05 bits per heavy atom. The topological polar surface area (TPSA) is 74.2 Å². The van der Waals surface area contributed by atoms with E-state index in [0.29, 0.717) is 13.2 Å². The van der Waals surface area contributed by atoms with Gasteiger partial charge in [-0.3, -0.25) is 0 Å². The molecule has 3 rings (SSSR count). The SMILES string of the molecule is NC1COCC1c1nc(-c2cccc(C(F)(F)F)c2)no1. The summed E-state index contributed by atoms with van der Waals surface area (Å²) in [5.41, 5.74) is 5.32. The second-order valence-corrected chi connectivity index (χ2v) is 4.84. The van der Waals surface area contributed by atoms with Crippen LogP contribution in [0.1, 0.15) is 17.4 Å². The van der Waals surface area contributed by atoms with Crippen molar-refractivity contribution in [2.75, 3.05) is 13.2 Å². The predicted molar refractivity (Wildman–Crippen MR) is 66.3 cm³/mol. The lowest BCUT2D eigenvalue weighted by Crippen LogP contribution is -2.26. The van der Waals surface area contributed by atoms with Gasteiger partial charge in [-0.05, 0) is 12.1 Å². The van der Waals surface area contributed by atoms with Crippen LogP contribution >= 0.6 is 0 Å². The van der Waals surface area contributed by atoms with Crippen molar-refractivity contribution in [2.24, 2.45) is 5.73 Å². The van der Waals surface area contributed by atoms with Crippen molar-refractivity contribution in [3.05, 3.63) is 35.7 Å². The fraction of sp³-hybridized carbons (Fsp3) is 0.385. The average Bonchev–Trinajstić information content (AvgIpc) is 3.06. The van der Waals surface area contributed by atoms with E-state index in [0.717, 1.165) is 12.1 Å². The standard InChI is InChI=1S/C13H12F3N3O2/c14-13(15,16)8-3-1-2-7(4-8)11-18-12(21-19-11)9-5-20-6-10(9)17/h1-4,9-10H,5-6,17H2. The summed E-state index contributed by atoms with van der Waals surface area (Å²) in [5.74, 6) is 0.166. The van der Waals surface area contributed by atoms with Crippen molar-refractivity contribution >= 4 is 0 Å². The van der Waals surface area contributed by atoms with Crippen LogP contribution in [0.5, 0.6) is 0 Å². The van der Waals surface area contributed by atoms with Gasteiger partial charge >= 0.3 is 6.18 Å². The highest BCUT2D eigenvalue weighted by atomic mass is 19.4. The van der Waals surface area contributed by atoms with Gasteiger partial charge < -0.3 is 15.0 Å². The third kappa shape index (κ3) is 2.77. The van der Waals surface area contributed by atoms with Gasteiger partial charge in [-0.2, -0.15) is 18.2 Å². The molecule has 1 aliphatic rings. The quantitative estimate of drug-likeness (QED) is 0.920. The van der Waals surface area contributed by atoms with Crippen molar-refractivity contribution in [1.82, 2.24) is 10.1 Å². The molecule has 0 bridgehead atoms. The molecule has 0 radical (unpaired) electrons. The zero-order valence-corrected chi connectivity index (χ0v) is 10.8. The number of benzene rings is 1. The van der Waals surface area contributed by atoms with Gasteiger partial charge in [-0.1, -0.05) is 17.3 Å². The fourth-order valence-electron chi connectivity index (χ4n) is 2.16. The van der Waals surface area contributed by atoms with E-state index in [9.17, 15) is 13.2 Å². The number of ether oxygens (including phenoxy) is 1. The highest BCUT2D eigenvalue weighted by Crippen LogP contribution is 2.32. The largest absolute Gasteiger partial charge is 0.416 e. The van der Waals surface area contributed by atoms with Crippen LogP contribution in [0.15, 0.2) is 28.8 Å². The smallest absolute Gasteiger partial charge is 0.379 e. The minimum atomic E-state index is -4.41. The van der Waals surface area contributed by atoms with Crippen molar-refractivity contribution in [1.29, 1.82) is 0 Å². The minimum absolute atomic E-state index is 0.107. The Labute approximate surface area is 117 Å². The molecule has 1 aliphatic heterocycles. The van der Waals surface area contributed by atoms with Crippen LogP contribution < -0.4 is 5.73 Å². The summed E-state index contributed by atoms with van der Waals surface area (Å²) >= 11 is 0. The molecular weight excluding hydrogens is 287 g/mol. The molecule has 1 aromatic heterocycles. The number of nitrogens with two attached hydrogens (primary N) is 1. The van der Waals surface area contributed by atoms with Gasteiger partial charge in [0.15, 0.2) is 0 Å². The van der Waals surface area contributed by atoms with Gasteiger partial charge in [0.1, 0.15) is 0 Å². The molecule has 2 heterocycles. The van der Waals surface area contributed by atoms with Gasteiger partial charge in [-0.15, -0.1) is 0 Å². The van der Waals surface area contributed by atoms with Gasteiger partial charge in [-0.25, -0.2) is 0 Å². The fourth-order valence-corrected chi connectivity index (χ4v) is 2.16. The Morgan fingerprint density at radius 1 is 1.24 bits per heavy atom. The van der Waals surface area contributed by atoms with Crippen LogP contribution in [0, 0.1) is 0 Å². The van der Waals surface area contributed by atoms with Gasteiger partial charge in [0.2, 0.25) is 11.7 Å². The number of hydrogen-bond acceptors (Lipinski definition) is 5. The van der Waals surface area contributed by atoms with Gasteiger partial charge in [0.25, 0.3) is 0 Å². The molecule has 2 N–H and O–H groups in total. The zero-order valence-electron chi connectivity index (χ0n) is 10.8. The van der Waals surface area contributed by atoms with Crippen molar-refractivity contribution in [2.45, 2.75) is 18.1 Å². The van der Waals surface area contributed by atoms with Gasteiger partial charge in [0, 0.05) is 11.6 Å². The lowest BCUT2D eigenvalue weighted by molar-refractivity contribution is -0.137. The molecule has 21 heavy (non-hydrogen) atoms. The minimum Gasteiger partial charge on any atom is -0.379 e. The van der Waals surface area contributed by atoms with E-state index >= 15 is 0 Å². The monoisotopic (exact) mass is 299 g/mol. The third-order valence-corrected chi connectivity index (χ3v) is 3.33. The summed E-state index contributed by atoms with van der Waals surface area (Å²) in [6.07, 6.45) is -4.41. The Bertz CT molecular complexity index is 642. The maximum Gasteiger partial charge on any atom is 0.416 e. The third-order valence-electron chi connectivity index (χ3n) is 3.33. The van der Waals surface area contributed by atoms with Crippen LogP contribution in [-0.2, 0) is 10.9 Å². The molecule has 112 valence electrons. The molecule has 0 aliphatic carbocycles. The van der Waals surface area contributed by atoms with Gasteiger partial charge in [0.05, 0.1) is 24.7 Å². The maximum absolute atomic E-state index is 12.7. The summed E-state index contributed by atoms with van der Waals surface area (Å²) in [7, 11) is 0. The molecule has 1 saturated heterocycles. The summed E-state index contributed by atoms with van der Waals surface area (Å²) in [4.78, 5) is 4.13. The van der Waals surface area contributed by atoms with Crippen LogP contribution in [0.4, 0.5) is 13.2 Å². The number of aromatic nitrogens is 2. The second kappa shape index (κ2) is 5.12. The lowest BCUT2D eigenvalue weighted by Gasteiger charge is -2.07. The summed E-state index contributed by atoms with van der Waals surface area (Å²) in [6.45, 7) is 0.761. The highest BCUT2D eigenvalue weighted by Gasteiger charge is 2.33. The molecule has 0 amide bonds. The van der Waals surface area contributed by atoms with E-state index in [1.807, 2.05) is 0 Å². The number of alkyl halides is 3. The Morgan fingerprint density at radius 3 is 2.71 bits per heavy atom. The molecule has 8 heteroatoms. The second-order valence-electron chi connectivity index (χ2n) is 4.84. The molecular formula is C13H12F3N3O2. The number of hydrogen-bond donors (Lipinski definition) is 1. The summed E-state index contributed by atoms with van der Waals surface area (Å²) < 4.78 is 48.4. The first-order chi connectivity index (χ1) is 9.95. The molecule has 1 fully saturated rings. The summed E-state index contributed by atoms with van der Waals surface area (Å²) in [6, 6.07) is 4.53. The molecule has 0 spiro atoms. The molecule has 0 saturated carbocycles. The predicted octanol–water partition coefficient (Wildman–Crippen LogP) is 2.20. The lowest BCUT2D eigenvalue weighted by atomic mass is 10.1. The van der Waals surface area contributed by atoms with Crippen LogP contribution in [0.3, 0.4) is 0 Å². The first-order valence-electron chi connectivity index (χ1n) is 6.30. The number of nitrogens with zero attached hydrogens (tertiary/aromatic N) is 2. The van der Waals surface area contributed by atoms with Crippen LogP contribution in [0.25, 0.3) is 11.4 Å². The summed E-state index contributed by atoms with van der Waals surface area (Å²) in [5, 5.41) is 3.72. The van der Waals surface area contributed by atoms with Crippen molar-refractivity contribution < 1.29 is 22.4 Å². The van der Waals surface area contributed by atoms with E-state index in [2.05, 4.69) is 10.1 Å². The normalized spacial score (nSPS) is 22.7. The first kappa shape index (κ1) is 14.0. The van der Waals surface area contributed by atoms with Crippen LogP contribution in [0.2, 0.25) is 0 Å². The molecule has 2 atom stereocenters. The maximum atomic E-state index is 12.7. The Kier molecular flexibility index (Phi) is 3.42.